The van der Waals surface area contributed by atoms with Crippen molar-refractivity contribution >= 4 is 27.5 Å². The molecule has 0 spiro atoms. The van der Waals surface area contributed by atoms with E-state index in [0.717, 1.165) is 64.9 Å². The van der Waals surface area contributed by atoms with Gasteiger partial charge in [-0.1, -0.05) is 24.3 Å². The molecule has 0 aliphatic carbocycles. The second-order valence-corrected chi connectivity index (χ2v) is 8.58. The molecule has 3 aromatic heterocycles. The number of fused-ring (bicyclic) bond motifs is 1. The lowest BCUT2D eigenvalue weighted by Crippen LogP contribution is -2.48. The van der Waals surface area contributed by atoms with E-state index in [1.807, 2.05) is 77.3 Å². The van der Waals surface area contributed by atoms with Crippen LogP contribution in [0.3, 0.4) is 0 Å². The van der Waals surface area contributed by atoms with Gasteiger partial charge in [0, 0.05) is 44.3 Å². The van der Waals surface area contributed by atoms with Crippen molar-refractivity contribution in [2.45, 2.75) is 13.5 Å². The minimum absolute atomic E-state index is 0.118. The number of pyridine rings is 1. The van der Waals surface area contributed by atoms with Gasteiger partial charge in [0.1, 0.15) is 4.83 Å². The van der Waals surface area contributed by atoms with Crippen molar-refractivity contribution in [1.29, 1.82) is 0 Å². The average molecular weight is 418 g/mol. The van der Waals surface area contributed by atoms with E-state index in [1.54, 1.807) is 0 Å². The molecule has 1 aliphatic rings. The predicted molar refractivity (Wildman–Crippen MR) is 119 cm³/mol. The first kappa shape index (κ1) is 19.0. The minimum atomic E-state index is 0.118. The number of hydrogen-bond acceptors (Lipinski definition) is 5. The van der Waals surface area contributed by atoms with E-state index in [0.29, 0.717) is 0 Å². The lowest BCUT2D eigenvalue weighted by molar-refractivity contribution is 0.0632. The minimum Gasteiger partial charge on any atom is -0.335 e. The van der Waals surface area contributed by atoms with Gasteiger partial charge in [-0.3, -0.25) is 14.7 Å². The van der Waals surface area contributed by atoms with Gasteiger partial charge in [0.05, 0.1) is 22.0 Å². The molecule has 1 saturated heterocycles. The first-order valence-electron chi connectivity index (χ1n) is 10.2. The van der Waals surface area contributed by atoms with Gasteiger partial charge < -0.3 is 4.90 Å². The van der Waals surface area contributed by atoms with Gasteiger partial charge >= 0.3 is 0 Å². The summed E-state index contributed by atoms with van der Waals surface area (Å²) in [5.74, 6) is 0.118. The van der Waals surface area contributed by atoms with Crippen LogP contribution >= 0.6 is 11.3 Å². The normalized spacial score (nSPS) is 15.0. The number of nitrogens with zero attached hydrogens (tertiary/aromatic N) is 5. The molecule has 1 fully saturated rings. The number of benzene rings is 1. The first-order valence-corrected chi connectivity index (χ1v) is 11.0. The molecule has 1 aromatic carbocycles. The maximum atomic E-state index is 13.2. The SMILES string of the molecule is Cc1nn(-c2ccccc2)c2sc(C(=O)N3CCN(Cc4ccccn4)CC3)cc12. The number of amides is 1. The predicted octanol–water partition coefficient (Wildman–Crippen LogP) is 3.75. The fraction of sp³-hybridized carbons (Fsp3) is 0.261. The van der Waals surface area contributed by atoms with Crippen LogP contribution in [0.5, 0.6) is 0 Å². The van der Waals surface area contributed by atoms with Crippen LogP contribution < -0.4 is 0 Å². The van der Waals surface area contributed by atoms with Gasteiger partial charge in [0.15, 0.2) is 0 Å². The van der Waals surface area contributed by atoms with Crippen molar-refractivity contribution in [2.75, 3.05) is 26.2 Å². The highest BCUT2D eigenvalue weighted by Crippen LogP contribution is 2.31. The number of aromatic nitrogens is 3. The highest BCUT2D eigenvalue weighted by atomic mass is 32.1. The molecule has 1 amide bonds. The van der Waals surface area contributed by atoms with Crippen LogP contribution in [0.4, 0.5) is 0 Å². The third kappa shape index (κ3) is 3.62. The molecule has 1 aliphatic heterocycles. The summed E-state index contributed by atoms with van der Waals surface area (Å²) in [6.45, 7) is 6.04. The summed E-state index contributed by atoms with van der Waals surface area (Å²) in [6.07, 6.45) is 1.83. The van der Waals surface area contributed by atoms with E-state index in [-0.39, 0.29) is 5.91 Å². The monoisotopic (exact) mass is 417 g/mol. The van der Waals surface area contributed by atoms with Gasteiger partial charge in [-0.15, -0.1) is 11.3 Å². The molecule has 152 valence electrons. The van der Waals surface area contributed by atoms with Crippen LogP contribution in [0, 0.1) is 6.92 Å². The topological polar surface area (TPSA) is 54.3 Å². The molecule has 30 heavy (non-hydrogen) atoms. The molecule has 5 rings (SSSR count). The number of thiophene rings is 1. The van der Waals surface area contributed by atoms with Crippen LogP contribution in [-0.4, -0.2) is 56.7 Å². The third-order valence-corrected chi connectivity index (χ3v) is 6.63. The lowest BCUT2D eigenvalue weighted by atomic mass is 10.2. The van der Waals surface area contributed by atoms with Gasteiger partial charge in [-0.2, -0.15) is 5.10 Å². The van der Waals surface area contributed by atoms with E-state index in [2.05, 4.69) is 15.0 Å². The van der Waals surface area contributed by atoms with E-state index in [1.165, 1.54) is 11.3 Å². The lowest BCUT2D eigenvalue weighted by Gasteiger charge is -2.34. The zero-order valence-electron chi connectivity index (χ0n) is 16.9. The molecule has 4 aromatic rings. The summed E-state index contributed by atoms with van der Waals surface area (Å²) in [7, 11) is 0. The molecule has 4 heterocycles. The van der Waals surface area contributed by atoms with Crippen LogP contribution in [0.15, 0.2) is 60.8 Å². The maximum Gasteiger partial charge on any atom is 0.264 e. The van der Waals surface area contributed by atoms with Gasteiger partial charge in [0.25, 0.3) is 5.91 Å². The zero-order valence-corrected chi connectivity index (χ0v) is 17.7. The quantitative estimate of drug-likeness (QED) is 0.508. The molecule has 0 saturated carbocycles. The van der Waals surface area contributed by atoms with Crippen molar-refractivity contribution < 1.29 is 4.79 Å². The van der Waals surface area contributed by atoms with Crippen LogP contribution in [-0.2, 0) is 6.54 Å². The molecule has 0 N–H and O–H groups in total. The van der Waals surface area contributed by atoms with E-state index < -0.39 is 0 Å². The molecule has 6 nitrogen and oxygen atoms in total. The van der Waals surface area contributed by atoms with Crippen LogP contribution in [0.1, 0.15) is 21.1 Å². The fourth-order valence-electron chi connectivity index (χ4n) is 3.88. The third-order valence-electron chi connectivity index (χ3n) is 5.53. The number of carbonyl (C=O) groups excluding carboxylic acids is 1. The Kier molecular flexibility index (Phi) is 5.06. The zero-order chi connectivity index (χ0) is 20.5. The number of para-hydroxylation sites is 1. The highest BCUT2D eigenvalue weighted by molar-refractivity contribution is 7.20. The van der Waals surface area contributed by atoms with E-state index >= 15 is 0 Å². The van der Waals surface area contributed by atoms with Gasteiger partial charge in [-0.25, -0.2) is 4.68 Å². The molecular weight excluding hydrogens is 394 g/mol. The summed E-state index contributed by atoms with van der Waals surface area (Å²) in [5, 5.41) is 5.73. The van der Waals surface area contributed by atoms with Gasteiger partial charge in [0.2, 0.25) is 0 Å². The summed E-state index contributed by atoms with van der Waals surface area (Å²) in [5.41, 5.74) is 3.03. The molecule has 0 unspecified atom stereocenters. The molecule has 0 atom stereocenters. The Morgan fingerprint density at radius 1 is 1.03 bits per heavy atom. The molecule has 0 radical (unpaired) electrons. The Morgan fingerprint density at radius 2 is 1.80 bits per heavy atom. The number of aryl methyl sites for hydroxylation is 1. The van der Waals surface area contributed by atoms with Crippen molar-refractivity contribution in [3.05, 3.63) is 77.1 Å². The highest BCUT2D eigenvalue weighted by Gasteiger charge is 2.25. The number of carbonyl (C=O) groups is 1. The Morgan fingerprint density at radius 3 is 2.53 bits per heavy atom. The summed E-state index contributed by atoms with van der Waals surface area (Å²) < 4.78 is 1.94. The maximum absolute atomic E-state index is 13.2. The summed E-state index contributed by atoms with van der Waals surface area (Å²) in [6, 6.07) is 18.1. The molecule has 7 heteroatoms. The Hall–Kier alpha value is -3.03. The van der Waals surface area contributed by atoms with Crippen LogP contribution in [0.2, 0.25) is 0 Å². The average Bonchev–Trinajstić information content (AvgIpc) is 3.36. The summed E-state index contributed by atoms with van der Waals surface area (Å²) >= 11 is 1.53. The molecule has 0 bridgehead atoms. The smallest absolute Gasteiger partial charge is 0.264 e. The number of rotatable bonds is 4. The second-order valence-electron chi connectivity index (χ2n) is 7.55. The molecular formula is C23H23N5OS. The number of piperazine rings is 1. The Labute approximate surface area is 179 Å². The Bertz CT molecular complexity index is 1160. The summed E-state index contributed by atoms with van der Waals surface area (Å²) in [4.78, 5) is 23.7. The number of hydrogen-bond donors (Lipinski definition) is 0. The van der Waals surface area contributed by atoms with Crippen LogP contribution in [0.25, 0.3) is 15.9 Å². The Balaban J connectivity index is 1.31. The van der Waals surface area contributed by atoms with E-state index in [4.69, 9.17) is 0 Å². The fourth-order valence-corrected chi connectivity index (χ4v) is 5.03. The second kappa shape index (κ2) is 8.01. The first-order chi connectivity index (χ1) is 14.7. The largest absolute Gasteiger partial charge is 0.335 e. The van der Waals surface area contributed by atoms with E-state index in [9.17, 15) is 4.79 Å². The van der Waals surface area contributed by atoms with Crippen molar-refractivity contribution in [2.24, 2.45) is 0 Å². The van der Waals surface area contributed by atoms with Crippen molar-refractivity contribution in [3.8, 4) is 5.69 Å². The van der Waals surface area contributed by atoms with Crippen molar-refractivity contribution in [3.63, 3.8) is 0 Å². The standard InChI is InChI=1S/C23H23N5OS/c1-17-20-15-21(30-23(20)28(25-17)19-8-3-2-4-9-19)22(29)27-13-11-26(12-14-27)16-18-7-5-6-10-24-18/h2-10,15H,11-14,16H2,1H3. The van der Waals surface area contributed by atoms with Crippen molar-refractivity contribution in [1.82, 2.24) is 24.6 Å². The van der Waals surface area contributed by atoms with Gasteiger partial charge in [-0.05, 0) is 37.3 Å².